The lowest BCUT2D eigenvalue weighted by Gasteiger charge is -2.19. The molecule has 1 nitrogen and oxygen atoms in total. The minimum absolute atomic E-state index is 0.383. The average molecular weight is 367 g/mol. The Morgan fingerprint density at radius 1 is 1.10 bits per heavy atom. The van der Waals surface area contributed by atoms with Crippen molar-refractivity contribution in [2.24, 2.45) is 0 Å². The second kappa shape index (κ2) is 7.98. The highest BCUT2D eigenvalue weighted by Crippen LogP contribution is 2.22. The maximum Gasteiger partial charge on any atom is 0.0441 e. The Morgan fingerprint density at radius 2 is 1.81 bits per heavy atom. The van der Waals surface area contributed by atoms with Gasteiger partial charge in [-0.15, -0.1) is 0 Å². The summed E-state index contributed by atoms with van der Waals surface area (Å²) >= 11 is 10.0. The maximum absolute atomic E-state index is 6.37. The first-order valence-corrected chi connectivity index (χ1v) is 8.49. The number of rotatable bonds is 6. The van der Waals surface area contributed by atoms with Crippen LogP contribution >= 0.6 is 27.5 Å². The SMILES string of the molecule is CCNC(Cc1ccc(C)cc1Cl)Cc1ccccc1Br. The Hall–Kier alpha value is -0.830. The molecule has 0 aliphatic heterocycles. The van der Waals surface area contributed by atoms with Crippen LogP contribution in [0, 0.1) is 6.92 Å². The predicted molar refractivity (Wildman–Crippen MR) is 95.2 cm³/mol. The van der Waals surface area contributed by atoms with E-state index in [2.05, 4.69) is 65.4 Å². The Balaban J connectivity index is 2.14. The van der Waals surface area contributed by atoms with Gasteiger partial charge in [0.15, 0.2) is 0 Å². The summed E-state index contributed by atoms with van der Waals surface area (Å²) in [5.74, 6) is 0. The van der Waals surface area contributed by atoms with Gasteiger partial charge in [-0.2, -0.15) is 0 Å². The van der Waals surface area contributed by atoms with Crippen LogP contribution < -0.4 is 5.32 Å². The van der Waals surface area contributed by atoms with E-state index < -0.39 is 0 Å². The molecule has 0 aliphatic rings. The second-order valence-corrected chi connectivity index (χ2v) is 6.61. The number of nitrogens with one attached hydrogen (secondary N) is 1. The van der Waals surface area contributed by atoms with Crippen LogP contribution in [0.1, 0.15) is 23.6 Å². The van der Waals surface area contributed by atoms with Gasteiger partial charge in [-0.1, -0.05) is 64.8 Å². The molecular formula is C18H21BrClN. The number of halogens is 2. The molecule has 0 radical (unpaired) electrons. The van der Waals surface area contributed by atoms with Crippen LogP contribution in [0.5, 0.6) is 0 Å². The summed E-state index contributed by atoms with van der Waals surface area (Å²) in [4.78, 5) is 0. The molecule has 0 spiro atoms. The third kappa shape index (κ3) is 4.84. The molecule has 0 saturated carbocycles. The van der Waals surface area contributed by atoms with E-state index in [9.17, 15) is 0 Å². The van der Waals surface area contributed by atoms with E-state index in [-0.39, 0.29) is 0 Å². The van der Waals surface area contributed by atoms with E-state index in [0.717, 1.165) is 24.4 Å². The lowest BCUT2D eigenvalue weighted by atomic mass is 9.98. The van der Waals surface area contributed by atoms with E-state index in [4.69, 9.17) is 11.6 Å². The Morgan fingerprint density at radius 3 is 2.48 bits per heavy atom. The molecule has 0 bridgehead atoms. The molecule has 21 heavy (non-hydrogen) atoms. The van der Waals surface area contributed by atoms with Gasteiger partial charge >= 0.3 is 0 Å². The zero-order chi connectivity index (χ0) is 15.2. The van der Waals surface area contributed by atoms with Gasteiger partial charge in [-0.3, -0.25) is 0 Å². The molecule has 3 heteroatoms. The lowest BCUT2D eigenvalue weighted by molar-refractivity contribution is 0.521. The monoisotopic (exact) mass is 365 g/mol. The van der Waals surface area contributed by atoms with E-state index in [1.54, 1.807) is 0 Å². The predicted octanol–water partition coefficient (Wildman–Crippen LogP) is 5.17. The maximum atomic E-state index is 6.37. The van der Waals surface area contributed by atoms with Crippen molar-refractivity contribution in [3.8, 4) is 0 Å². The van der Waals surface area contributed by atoms with E-state index in [1.165, 1.54) is 21.2 Å². The van der Waals surface area contributed by atoms with E-state index >= 15 is 0 Å². The summed E-state index contributed by atoms with van der Waals surface area (Å²) in [6.07, 6.45) is 1.92. The molecule has 1 unspecified atom stereocenters. The van der Waals surface area contributed by atoms with Crippen molar-refractivity contribution >= 4 is 27.5 Å². The molecule has 0 aromatic heterocycles. The quantitative estimate of drug-likeness (QED) is 0.743. The zero-order valence-electron chi connectivity index (χ0n) is 12.5. The van der Waals surface area contributed by atoms with Crippen molar-refractivity contribution < 1.29 is 0 Å². The first-order valence-electron chi connectivity index (χ1n) is 7.32. The third-order valence-electron chi connectivity index (χ3n) is 3.59. The fourth-order valence-corrected chi connectivity index (χ4v) is 3.28. The van der Waals surface area contributed by atoms with Gasteiger partial charge < -0.3 is 5.32 Å². The Labute approximate surface area is 140 Å². The number of likely N-dealkylation sites (N-methyl/N-ethyl adjacent to an activating group) is 1. The standard InChI is InChI=1S/C18H21BrClN/c1-3-21-16(11-14-6-4-5-7-17(14)19)12-15-9-8-13(2)10-18(15)20/h4-10,16,21H,3,11-12H2,1-2H3. The number of aryl methyl sites for hydroxylation is 1. The largest absolute Gasteiger partial charge is 0.314 e. The normalized spacial score (nSPS) is 12.4. The molecule has 0 fully saturated rings. The lowest BCUT2D eigenvalue weighted by Crippen LogP contribution is -2.33. The highest BCUT2D eigenvalue weighted by atomic mass is 79.9. The summed E-state index contributed by atoms with van der Waals surface area (Å²) in [6.45, 7) is 5.17. The Bertz CT molecular complexity index is 598. The molecule has 112 valence electrons. The van der Waals surface area contributed by atoms with Crippen LogP contribution in [0.2, 0.25) is 5.02 Å². The van der Waals surface area contributed by atoms with E-state index in [0.29, 0.717) is 6.04 Å². The summed E-state index contributed by atoms with van der Waals surface area (Å²) in [5, 5.41) is 4.43. The molecule has 2 aromatic rings. The molecule has 0 aliphatic carbocycles. The summed E-state index contributed by atoms with van der Waals surface area (Å²) in [5.41, 5.74) is 3.74. The highest BCUT2D eigenvalue weighted by Gasteiger charge is 2.13. The fraction of sp³-hybridized carbons (Fsp3) is 0.333. The fourth-order valence-electron chi connectivity index (χ4n) is 2.52. The van der Waals surface area contributed by atoms with Crippen molar-refractivity contribution in [2.45, 2.75) is 32.7 Å². The summed E-state index contributed by atoms with van der Waals surface area (Å²) in [7, 11) is 0. The zero-order valence-corrected chi connectivity index (χ0v) is 14.8. The molecule has 0 heterocycles. The van der Waals surface area contributed by atoms with Crippen LogP contribution in [0.25, 0.3) is 0 Å². The van der Waals surface area contributed by atoms with Crippen molar-refractivity contribution in [3.05, 3.63) is 68.7 Å². The smallest absolute Gasteiger partial charge is 0.0441 e. The number of hydrogen-bond acceptors (Lipinski definition) is 1. The van der Waals surface area contributed by atoms with E-state index in [1.807, 2.05) is 12.1 Å². The van der Waals surface area contributed by atoms with Crippen LogP contribution in [-0.4, -0.2) is 12.6 Å². The van der Waals surface area contributed by atoms with Crippen molar-refractivity contribution in [2.75, 3.05) is 6.54 Å². The van der Waals surface area contributed by atoms with Gasteiger partial charge in [-0.05, 0) is 55.1 Å². The second-order valence-electron chi connectivity index (χ2n) is 5.35. The van der Waals surface area contributed by atoms with Gasteiger partial charge in [0.05, 0.1) is 0 Å². The minimum Gasteiger partial charge on any atom is -0.314 e. The average Bonchev–Trinajstić information content (AvgIpc) is 2.44. The van der Waals surface area contributed by atoms with Crippen LogP contribution in [0.15, 0.2) is 46.9 Å². The first-order chi connectivity index (χ1) is 10.1. The molecule has 0 amide bonds. The summed E-state index contributed by atoms with van der Waals surface area (Å²) < 4.78 is 1.17. The van der Waals surface area contributed by atoms with Gasteiger partial charge in [0, 0.05) is 15.5 Å². The third-order valence-corrected chi connectivity index (χ3v) is 4.72. The van der Waals surface area contributed by atoms with Gasteiger partial charge in [0.25, 0.3) is 0 Å². The first kappa shape index (κ1) is 16.5. The van der Waals surface area contributed by atoms with Gasteiger partial charge in [0.2, 0.25) is 0 Å². The topological polar surface area (TPSA) is 12.0 Å². The van der Waals surface area contributed by atoms with Crippen LogP contribution in [0.4, 0.5) is 0 Å². The van der Waals surface area contributed by atoms with Gasteiger partial charge in [0.1, 0.15) is 0 Å². The molecule has 2 rings (SSSR count). The summed E-state index contributed by atoms with van der Waals surface area (Å²) in [6, 6.07) is 15.1. The minimum atomic E-state index is 0.383. The van der Waals surface area contributed by atoms with Crippen LogP contribution in [-0.2, 0) is 12.8 Å². The number of benzene rings is 2. The molecule has 1 atom stereocenters. The van der Waals surface area contributed by atoms with Gasteiger partial charge in [-0.25, -0.2) is 0 Å². The van der Waals surface area contributed by atoms with Crippen molar-refractivity contribution in [1.29, 1.82) is 0 Å². The van der Waals surface area contributed by atoms with Crippen molar-refractivity contribution in [1.82, 2.24) is 5.32 Å². The number of hydrogen-bond donors (Lipinski definition) is 1. The molecular weight excluding hydrogens is 346 g/mol. The molecule has 2 aromatic carbocycles. The van der Waals surface area contributed by atoms with Crippen LogP contribution in [0.3, 0.4) is 0 Å². The molecule has 0 saturated heterocycles. The molecule has 1 N–H and O–H groups in total. The van der Waals surface area contributed by atoms with Crippen molar-refractivity contribution in [3.63, 3.8) is 0 Å². The highest BCUT2D eigenvalue weighted by molar-refractivity contribution is 9.10. The Kier molecular flexibility index (Phi) is 6.28.